The van der Waals surface area contributed by atoms with Crippen molar-refractivity contribution in [2.45, 2.75) is 0 Å². The van der Waals surface area contributed by atoms with Crippen molar-refractivity contribution in [2.75, 3.05) is 0 Å². The van der Waals surface area contributed by atoms with Crippen LogP contribution in [0.2, 0.25) is 5.28 Å². The summed E-state index contributed by atoms with van der Waals surface area (Å²) in [6, 6.07) is 1.83. The maximum Gasteiger partial charge on any atom is 0.395 e. The van der Waals surface area contributed by atoms with Gasteiger partial charge in [-0.1, -0.05) is 4.39 Å². The summed E-state index contributed by atoms with van der Waals surface area (Å²) in [5.74, 6) is 0. The van der Waals surface area contributed by atoms with Gasteiger partial charge in [0.05, 0.1) is 13.2 Å². The van der Waals surface area contributed by atoms with E-state index in [4.69, 9.17) is 24.6 Å². The molecule has 80 valence electrons. The van der Waals surface area contributed by atoms with E-state index < -0.39 is 10.4 Å². The second-order valence-corrected chi connectivity index (χ2v) is 3.25. The Morgan fingerprint density at radius 3 is 2.43 bits per heavy atom. The first-order valence-electron chi connectivity index (χ1n) is 3.09. The van der Waals surface area contributed by atoms with Crippen molar-refractivity contribution >= 4 is 22.0 Å². The molecule has 0 spiro atoms. The quantitative estimate of drug-likeness (QED) is 0.298. The summed E-state index contributed by atoms with van der Waals surface area (Å²) in [6.07, 6.45) is 3.50. The predicted molar refractivity (Wildman–Crippen MR) is 42.3 cm³/mol. The molecule has 0 radical (unpaired) electrons. The minimum absolute atomic E-state index is 0.507. The van der Waals surface area contributed by atoms with Crippen molar-refractivity contribution in [3.05, 3.63) is 23.7 Å². The fourth-order valence-electron chi connectivity index (χ4n) is 0.425. The third kappa shape index (κ3) is 6.66. The Bertz CT molecular complexity index is 364. The molecular weight excluding hydrogens is 239 g/mol. The zero-order chi connectivity index (χ0) is 11.2. The highest BCUT2D eigenvalue weighted by Crippen LogP contribution is 1.89. The maximum atomic E-state index is 10.1. The van der Waals surface area contributed by atoms with Crippen molar-refractivity contribution < 1.29 is 26.5 Å². The first-order chi connectivity index (χ1) is 6.37. The molecule has 6 nitrogen and oxygen atoms in total. The van der Waals surface area contributed by atoms with E-state index in [1.807, 2.05) is 23.7 Å². The summed E-state index contributed by atoms with van der Waals surface area (Å²) < 4.78 is 40.2. The van der Waals surface area contributed by atoms with Crippen molar-refractivity contribution in [2.24, 2.45) is 7.05 Å². The molecule has 0 aromatic carbocycles. The normalized spacial score (nSPS) is 10.3. The molecular formula is C5H6ClFN2O4S. The van der Waals surface area contributed by atoms with Crippen LogP contribution in [0.25, 0.3) is 0 Å². The van der Waals surface area contributed by atoms with Crippen LogP contribution in [-0.4, -0.2) is 18.0 Å². The summed E-state index contributed by atoms with van der Waals surface area (Å²) >= 11 is 5.56. The van der Waals surface area contributed by atoms with Gasteiger partial charge in [0.15, 0.2) is 0 Å². The van der Waals surface area contributed by atoms with Crippen molar-refractivity contribution in [3.63, 3.8) is 0 Å². The highest BCUT2D eigenvalue weighted by Gasteiger charge is 1.98. The molecule has 1 rings (SSSR count). The van der Waals surface area contributed by atoms with E-state index >= 15 is 0 Å². The van der Waals surface area contributed by atoms with Gasteiger partial charge in [-0.05, 0) is 9.51 Å². The number of aryl methyl sites for hydroxylation is 1. The highest BCUT2D eigenvalue weighted by atomic mass is 35.5. The molecule has 0 aliphatic rings. The predicted octanol–water partition coefficient (Wildman–Crippen LogP) is -0.0928. The molecule has 0 aliphatic carbocycles. The minimum atomic E-state index is -5.08. The first kappa shape index (κ1) is 13.2. The van der Waals surface area contributed by atoms with Crippen LogP contribution in [0.5, 0.6) is 0 Å². The number of hydrogen-bond acceptors (Lipinski definition) is 5. The fourth-order valence-corrected chi connectivity index (χ4v) is 0.537. The van der Waals surface area contributed by atoms with Gasteiger partial charge in [0.2, 0.25) is 10.4 Å². The topological polar surface area (TPSA) is 83.2 Å². The molecule has 0 N–H and O–H groups in total. The summed E-state index contributed by atoms with van der Waals surface area (Å²) in [5.41, 5.74) is 0. The van der Waals surface area contributed by atoms with Gasteiger partial charge >= 0.3 is 5.28 Å². The van der Waals surface area contributed by atoms with Crippen LogP contribution in [-0.2, 0) is 21.8 Å². The monoisotopic (exact) mass is 244 g/mol. The summed E-state index contributed by atoms with van der Waals surface area (Å²) in [4.78, 5) is 3.81. The third-order valence-electron chi connectivity index (χ3n) is 0.945. The smallest absolute Gasteiger partial charge is 0.395 e. The lowest BCUT2D eigenvalue weighted by atomic mass is 10.7. The van der Waals surface area contributed by atoms with E-state index in [1.165, 1.54) is 0 Å². The lowest BCUT2D eigenvalue weighted by Gasteiger charge is -1.92. The molecule has 9 heteroatoms. The van der Waals surface area contributed by atoms with Crippen LogP contribution in [0.3, 0.4) is 0 Å². The van der Waals surface area contributed by atoms with Crippen molar-refractivity contribution in [1.29, 1.82) is 0 Å². The highest BCUT2D eigenvalue weighted by molar-refractivity contribution is 7.80. The standard InChI is InChI=1S/C5H6ClN2.FHO4S/c1-8-4-2-3-7-5(8)6;1-5-6(2,3)4/h2-4H,1H3;(H,2,3,4)/q+1;/p-1. The van der Waals surface area contributed by atoms with Crippen LogP contribution in [0.1, 0.15) is 0 Å². The Hall–Kier alpha value is -0.830. The second kappa shape index (κ2) is 5.81. The minimum Gasteiger partial charge on any atom is -0.724 e. The zero-order valence-corrected chi connectivity index (χ0v) is 8.50. The van der Waals surface area contributed by atoms with Crippen LogP contribution in [0.4, 0.5) is 4.53 Å². The van der Waals surface area contributed by atoms with E-state index in [1.54, 1.807) is 10.8 Å². The van der Waals surface area contributed by atoms with Gasteiger partial charge in [0.1, 0.15) is 6.20 Å². The Labute approximate surface area is 84.8 Å². The van der Waals surface area contributed by atoms with Gasteiger partial charge in [0.25, 0.3) is 0 Å². The molecule has 0 aliphatic heterocycles. The lowest BCUT2D eigenvalue weighted by Crippen LogP contribution is -2.29. The molecule has 0 saturated carbocycles. The zero-order valence-electron chi connectivity index (χ0n) is 6.92. The van der Waals surface area contributed by atoms with Gasteiger partial charge in [-0.25, -0.2) is 13.0 Å². The van der Waals surface area contributed by atoms with Crippen LogP contribution in [0.15, 0.2) is 18.5 Å². The van der Waals surface area contributed by atoms with Gasteiger partial charge in [-0.15, -0.1) is 0 Å². The summed E-state index contributed by atoms with van der Waals surface area (Å²) in [5, 5.41) is 0.507. The number of hydrogen-bond donors (Lipinski definition) is 0. The van der Waals surface area contributed by atoms with Crippen molar-refractivity contribution in [1.82, 2.24) is 4.98 Å². The fraction of sp³-hybridized carbons (Fsp3) is 0.200. The molecule has 0 atom stereocenters. The number of aromatic nitrogens is 2. The average Bonchev–Trinajstić information content (AvgIpc) is 2.10. The molecule has 0 saturated heterocycles. The molecule has 14 heavy (non-hydrogen) atoms. The van der Waals surface area contributed by atoms with E-state index in [-0.39, 0.29) is 0 Å². The number of halogens is 2. The largest absolute Gasteiger partial charge is 0.724 e. The molecule has 0 fully saturated rings. The van der Waals surface area contributed by atoms with E-state index in [0.717, 1.165) is 0 Å². The van der Waals surface area contributed by atoms with E-state index in [9.17, 15) is 4.53 Å². The van der Waals surface area contributed by atoms with Gasteiger partial charge in [0, 0.05) is 17.7 Å². The summed E-state index contributed by atoms with van der Waals surface area (Å²) in [7, 11) is -3.24. The SMILES string of the molecule is C[n+]1cccnc1Cl.O=S(=O)([O-])OF. The van der Waals surface area contributed by atoms with Crippen LogP contribution >= 0.6 is 11.6 Å². The molecule has 1 aromatic heterocycles. The molecule has 1 aromatic rings. The van der Waals surface area contributed by atoms with E-state index in [2.05, 4.69) is 4.98 Å². The Balaban J connectivity index is 0.000000255. The summed E-state index contributed by atoms with van der Waals surface area (Å²) in [6.45, 7) is 0. The van der Waals surface area contributed by atoms with Gasteiger partial charge in [-0.2, -0.15) is 0 Å². The Kier molecular flexibility index (Phi) is 5.46. The van der Waals surface area contributed by atoms with Crippen molar-refractivity contribution in [3.8, 4) is 0 Å². The average molecular weight is 245 g/mol. The molecule has 0 unspecified atom stereocenters. The Morgan fingerprint density at radius 2 is 2.21 bits per heavy atom. The van der Waals surface area contributed by atoms with Gasteiger partial charge < -0.3 is 4.55 Å². The Morgan fingerprint density at radius 1 is 1.71 bits per heavy atom. The molecule has 0 amide bonds. The maximum absolute atomic E-state index is 10.1. The number of nitrogens with zero attached hydrogens (tertiary/aromatic N) is 2. The molecule has 0 bridgehead atoms. The third-order valence-corrected chi connectivity index (χ3v) is 1.46. The number of rotatable bonds is 1. The first-order valence-corrected chi connectivity index (χ1v) is 4.80. The molecule has 1 heterocycles. The van der Waals surface area contributed by atoms with Crippen LogP contribution in [0, 0.1) is 0 Å². The lowest BCUT2D eigenvalue weighted by molar-refractivity contribution is -0.672. The second-order valence-electron chi connectivity index (χ2n) is 1.97. The van der Waals surface area contributed by atoms with Crippen LogP contribution < -0.4 is 4.57 Å². The van der Waals surface area contributed by atoms with Gasteiger partial charge in [-0.3, -0.25) is 0 Å². The van der Waals surface area contributed by atoms with E-state index in [0.29, 0.717) is 5.28 Å².